The summed E-state index contributed by atoms with van der Waals surface area (Å²) in [5, 5.41) is 10.9. The van der Waals surface area contributed by atoms with Crippen LogP contribution in [0.25, 0.3) is 0 Å². The summed E-state index contributed by atoms with van der Waals surface area (Å²) in [5.41, 5.74) is 1.70. The van der Waals surface area contributed by atoms with E-state index in [2.05, 4.69) is 0 Å². The molecule has 0 fully saturated rings. The van der Waals surface area contributed by atoms with Gasteiger partial charge >= 0.3 is 5.97 Å². The molecular formula is C18H17NO5. The summed E-state index contributed by atoms with van der Waals surface area (Å²) < 4.78 is 5.01. The number of ether oxygens (including phenoxy) is 1. The van der Waals surface area contributed by atoms with Gasteiger partial charge in [0, 0.05) is 17.2 Å². The van der Waals surface area contributed by atoms with Gasteiger partial charge in [-0.05, 0) is 25.0 Å². The highest BCUT2D eigenvalue weighted by Crippen LogP contribution is 2.21. The van der Waals surface area contributed by atoms with Gasteiger partial charge in [0.25, 0.3) is 5.69 Å². The van der Waals surface area contributed by atoms with Crippen LogP contribution in [0.15, 0.2) is 42.5 Å². The number of nitro benzene ring substituents is 1. The minimum atomic E-state index is -0.755. The van der Waals surface area contributed by atoms with Crippen molar-refractivity contribution in [3.8, 4) is 0 Å². The largest absolute Gasteiger partial charge is 0.454 e. The molecule has 0 spiro atoms. The van der Waals surface area contributed by atoms with E-state index in [0.717, 1.165) is 12.0 Å². The smallest absolute Gasteiger partial charge is 0.339 e. The van der Waals surface area contributed by atoms with E-state index < -0.39 is 17.5 Å². The fraction of sp³-hybridized carbons (Fsp3) is 0.222. The first kappa shape index (κ1) is 17.3. The van der Waals surface area contributed by atoms with E-state index in [-0.39, 0.29) is 22.6 Å². The number of aryl methyl sites for hydroxylation is 1. The number of nitro groups is 1. The third-order valence-corrected chi connectivity index (χ3v) is 3.74. The molecular weight excluding hydrogens is 310 g/mol. The van der Waals surface area contributed by atoms with Crippen molar-refractivity contribution >= 4 is 17.4 Å². The van der Waals surface area contributed by atoms with E-state index in [0.29, 0.717) is 5.56 Å². The van der Waals surface area contributed by atoms with Crippen LogP contribution >= 0.6 is 0 Å². The second-order valence-corrected chi connectivity index (χ2v) is 5.26. The monoisotopic (exact) mass is 327 g/mol. The predicted octanol–water partition coefficient (Wildman–Crippen LogP) is 3.51. The molecule has 2 aromatic carbocycles. The predicted molar refractivity (Wildman–Crippen MR) is 88.3 cm³/mol. The number of nitrogens with zero attached hydrogens (tertiary/aromatic N) is 1. The topological polar surface area (TPSA) is 86.5 Å². The summed E-state index contributed by atoms with van der Waals surface area (Å²) >= 11 is 0. The molecule has 124 valence electrons. The normalized spacial score (nSPS) is 10.2. The third kappa shape index (κ3) is 3.84. The molecule has 0 aliphatic heterocycles. The molecule has 0 bridgehead atoms. The number of carbonyl (C=O) groups excluding carboxylic acids is 2. The molecule has 0 unspecified atom stereocenters. The average molecular weight is 327 g/mol. The van der Waals surface area contributed by atoms with E-state index in [4.69, 9.17) is 4.74 Å². The number of benzene rings is 2. The number of Topliss-reactive ketones (excluding diaryl/α,β-unsaturated/α-hetero) is 1. The Morgan fingerprint density at radius 1 is 1.12 bits per heavy atom. The van der Waals surface area contributed by atoms with Crippen LogP contribution in [0.3, 0.4) is 0 Å². The third-order valence-electron chi connectivity index (χ3n) is 3.74. The molecule has 0 aromatic heterocycles. The lowest BCUT2D eigenvalue weighted by atomic mass is 10.1. The van der Waals surface area contributed by atoms with Crippen LogP contribution in [0.5, 0.6) is 0 Å². The number of hydrogen-bond acceptors (Lipinski definition) is 5. The maximum Gasteiger partial charge on any atom is 0.339 e. The number of carbonyl (C=O) groups is 2. The van der Waals surface area contributed by atoms with Gasteiger partial charge in [0.2, 0.25) is 0 Å². The molecule has 0 radical (unpaired) electrons. The van der Waals surface area contributed by atoms with Crippen LogP contribution in [0.4, 0.5) is 5.69 Å². The van der Waals surface area contributed by atoms with Gasteiger partial charge in [0.1, 0.15) is 0 Å². The molecule has 0 aliphatic carbocycles. The van der Waals surface area contributed by atoms with Crippen LogP contribution in [0.1, 0.15) is 38.8 Å². The Hall–Kier alpha value is -3.02. The lowest BCUT2D eigenvalue weighted by Gasteiger charge is -2.07. The van der Waals surface area contributed by atoms with Gasteiger partial charge in [-0.1, -0.05) is 37.3 Å². The Labute approximate surface area is 139 Å². The molecule has 6 nitrogen and oxygen atoms in total. The Morgan fingerprint density at radius 3 is 2.38 bits per heavy atom. The summed E-state index contributed by atoms with van der Waals surface area (Å²) in [6.07, 6.45) is 0.871. The summed E-state index contributed by atoms with van der Waals surface area (Å²) in [6, 6.07) is 11.2. The molecule has 0 atom stereocenters. The van der Waals surface area contributed by atoms with Crippen molar-refractivity contribution in [2.45, 2.75) is 20.3 Å². The summed E-state index contributed by atoms with van der Waals surface area (Å²) in [6.45, 7) is 3.08. The molecule has 2 rings (SSSR count). The van der Waals surface area contributed by atoms with Crippen LogP contribution in [0, 0.1) is 17.0 Å². The van der Waals surface area contributed by atoms with Gasteiger partial charge in [0.15, 0.2) is 12.4 Å². The minimum absolute atomic E-state index is 0.0818. The molecule has 0 amide bonds. The standard InChI is InChI=1S/C18H17NO5/c1-3-13-7-9-14(10-8-13)17(20)11-24-18(21)15-5-4-6-16(12(15)2)19(22)23/h4-10H,3,11H2,1-2H3. The molecule has 0 saturated carbocycles. The van der Waals surface area contributed by atoms with Gasteiger partial charge in [-0.2, -0.15) is 0 Å². The van der Waals surface area contributed by atoms with Crippen molar-refractivity contribution in [1.29, 1.82) is 0 Å². The van der Waals surface area contributed by atoms with Gasteiger partial charge in [0.05, 0.1) is 10.5 Å². The van der Waals surface area contributed by atoms with E-state index in [1.807, 2.05) is 19.1 Å². The second-order valence-electron chi connectivity index (χ2n) is 5.26. The van der Waals surface area contributed by atoms with Gasteiger partial charge in [-0.3, -0.25) is 14.9 Å². The second kappa shape index (κ2) is 7.50. The summed E-state index contributed by atoms with van der Waals surface area (Å²) in [7, 11) is 0. The van der Waals surface area contributed by atoms with Crippen LogP contribution in [0.2, 0.25) is 0 Å². The van der Waals surface area contributed by atoms with Crippen molar-refractivity contribution in [3.63, 3.8) is 0 Å². The zero-order chi connectivity index (χ0) is 17.7. The number of ketones is 1. The fourth-order valence-electron chi connectivity index (χ4n) is 2.26. The quantitative estimate of drug-likeness (QED) is 0.351. The maximum atomic E-state index is 12.1. The molecule has 0 N–H and O–H groups in total. The van der Waals surface area contributed by atoms with Gasteiger partial charge < -0.3 is 4.74 Å². The molecule has 0 aliphatic rings. The Bertz CT molecular complexity index is 780. The van der Waals surface area contributed by atoms with Crippen LogP contribution < -0.4 is 0 Å². The van der Waals surface area contributed by atoms with Gasteiger partial charge in [-0.15, -0.1) is 0 Å². The van der Waals surface area contributed by atoms with E-state index in [9.17, 15) is 19.7 Å². The zero-order valence-corrected chi connectivity index (χ0v) is 13.4. The first-order chi connectivity index (χ1) is 11.4. The first-order valence-corrected chi connectivity index (χ1v) is 7.47. The highest BCUT2D eigenvalue weighted by molar-refractivity contribution is 5.99. The van der Waals surface area contributed by atoms with Gasteiger partial charge in [-0.25, -0.2) is 4.79 Å². The average Bonchev–Trinajstić information content (AvgIpc) is 2.59. The van der Waals surface area contributed by atoms with Crippen LogP contribution in [-0.2, 0) is 11.2 Å². The lowest BCUT2D eigenvalue weighted by molar-refractivity contribution is -0.385. The molecule has 6 heteroatoms. The summed E-state index contributed by atoms with van der Waals surface area (Å²) in [5.74, 6) is -1.08. The van der Waals surface area contributed by atoms with E-state index >= 15 is 0 Å². The Kier molecular flexibility index (Phi) is 5.42. The SMILES string of the molecule is CCc1ccc(C(=O)COC(=O)c2cccc([N+](=O)[O-])c2C)cc1. The number of esters is 1. The summed E-state index contributed by atoms with van der Waals surface area (Å²) in [4.78, 5) is 34.5. The molecule has 0 heterocycles. The fourth-order valence-corrected chi connectivity index (χ4v) is 2.26. The highest BCUT2D eigenvalue weighted by atomic mass is 16.6. The van der Waals surface area contributed by atoms with Crippen molar-refractivity contribution < 1.29 is 19.2 Å². The number of hydrogen-bond donors (Lipinski definition) is 0. The van der Waals surface area contributed by atoms with Crippen molar-refractivity contribution in [2.24, 2.45) is 0 Å². The zero-order valence-electron chi connectivity index (χ0n) is 13.4. The van der Waals surface area contributed by atoms with E-state index in [1.165, 1.54) is 25.1 Å². The molecule has 24 heavy (non-hydrogen) atoms. The van der Waals surface area contributed by atoms with Crippen molar-refractivity contribution in [2.75, 3.05) is 6.61 Å². The number of rotatable bonds is 6. The highest BCUT2D eigenvalue weighted by Gasteiger charge is 2.19. The maximum absolute atomic E-state index is 12.1. The van der Waals surface area contributed by atoms with E-state index in [1.54, 1.807) is 12.1 Å². The van der Waals surface area contributed by atoms with Crippen molar-refractivity contribution in [3.05, 3.63) is 74.8 Å². The minimum Gasteiger partial charge on any atom is -0.454 e. The lowest BCUT2D eigenvalue weighted by Crippen LogP contribution is -2.15. The first-order valence-electron chi connectivity index (χ1n) is 7.47. The Morgan fingerprint density at radius 2 is 1.79 bits per heavy atom. The van der Waals surface area contributed by atoms with Crippen LogP contribution in [-0.4, -0.2) is 23.3 Å². The molecule has 2 aromatic rings. The Balaban J connectivity index is 2.06. The molecule has 0 saturated heterocycles. The van der Waals surface area contributed by atoms with Crippen molar-refractivity contribution in [1.82, 2.24) is 0 Å².